The van der Waals surface area contributed by atoms with Gasteiger partial charge in [-0.15, -0.1) is 0 Å². The molecule has 0 saturated heterocycles. The predicted molar refractivity (Wildman–Crippen MR) is 212 cm³/mol. The Morgan fingerprint density at radius 1 is 0.294 bits per heavy atom. The van der Waals surface area contributed by atoms with Crippen molar-refractivity contribution in [3.63, 3.8) is 0 Å². The molecule has 0 fully saturated rings. The van der Waals surface area contributed by atoms with Gasteiger partial charge in [-0.3, -0.25) is 9.13 Å². The van der Waals surface area contributed by atoms with Gasteiger partial charge in [0.05, 0.1) is 22.1 Å². The molecule has 0 aliphatic rings. The fraction of sp³-hybridized carbons (Fsp3) is 0. The Morgan fingerprint density at radius 2 is 0.569 bits per heavy atom. The van der Waals surface area contributed by atoms with Crippen LogP contribution in [-0.2, 0) is 0 Å². The first-order chi connectivity index (χ1) is 25.3. The van der Waals surface area contributed by atoms with Crippen molar-refractivity contribution >= 4 is 72.7 Å². The van der Waals surface area contributed by atoms with Gasteiger partial charge in [-0.25, -0.2) is 9.97 Å². The summed E-state index contributed by atoms with van der Waals surface area (Å²) in [5, 5.41) is 8.24. The van der Waals surface area contributed by atoms with Crippen LogP contribution in [0.15, 0.2) is 188 Å². The van der Waals surface area contributed by atoms with Crippen molar-refractivity contribution in [2.24, 2.45) is 0 Å². The first-order valence-electron chi connectivity index (χ1n) is 17.2. The summed E-state index contributed by atoms with van der Waals surface area (Å²) in [4.78, 5) is 16.7. The van der Waals surface area contributed by atoms with E-state index in [2.05, 4.69) is 197 Å². The van der Waals surface area contributed by atoms with Gasteiger partial charge in [-0.05, 0) is 39.8 Å². The number of rotatable bonds is 6. The van der Waals surface area contributed by atoms with Crippen LogP contribution in [0.2, 0.25) is 0 Å². The van der Waals surface area contributed by atoms with E-state index >= 15 is 0 Å². The lowest BCUT2D eigenvalue weighted by Crippen LogP contribution is -2.76. The summed E-state index contributed by atoms with van der Waals surface area (Å²) in [5.74, 6) is 1.18. The molecule has 0 unspecified atom stereocenters. The SMILES string of the molecule is c1ccc([Si](c2ccccc2)(c2ccccc2)c2nc(-n3c4ccccc4c4ccccc43)nc(-n3c4ccccc4c4ccccc43)n2)cc1. The second-order valence-corrected chi connectivity index (χ2v) is 16.5. The molecular formula is C45H31N5Si. The van der Waals surface area contributed by atoms with E-state index < -0.39 is 8.07 Å². The van der Waals surface area contributed by atoms with Crippen molar-refractivity contribution in [3.8, 4) is 11.9 Å². The molecular weight excluding hydrogens is 639 g/mol. The van der Waals surface area contributed by atoms with Crippen LogP contribution in [0.1, 0.15) is 0 Å². The highest BCUT2D eigenvalue weighted by Crippen LogP contribution is 2.33. The van der Waals surface area contributed by atoms with Crippen LogP contribution in [0, 0.1) is 0 Å². The summed E-state index contributed by atoms with van der Waals surface area (Å²) < 4.78 is 4.43. The molecule has 0 radical (unpaired) electrons. The number of para-hydroxylation sites is 4. The number of fused-ring (bicyclic) bond motifs is 6. The average Bonchev–Trinajstić information content (AvgIpc) is 3.73. The molecule has 0 aliphatic heterocycles. The van der Waals surface area contributed by atoms with Gasteiger partial charge in [0.15, 0.2) is 0 Å². The maximum Gasteiger partial charge on any atom is 0.239 e. The van der Waals surface area contributed by atoms with Crippen LogP contribution in [-0.4, -0.2) is 32.2 Å². The van der Waals surface area contributed by atoms with E-state index in [1.165, 1.54) is 15.6 Å². The molecule has 0 amide bonds. The molecule has 7 aromatic carbocycles. The van der Waals surface area contributed by atoms with E-state index in [0.717, 1.165) is 49.1 Å². The standard InChI is InChI=1S/C45H31N5Si/c1-4-18-32(19-5-1)51(33-20-6-2-7-21-33,34-22-8-3-9-23-34)45-47-43(49-39-28-14-10-24-35(39)36-25-11-15-29-40(36)49)46-44(48-45)50-41-30-16-12-26-37(41)38-27-13-17-31-42(38)50/h1-31H. The summed E-state index contributed by atoms with van der Waals surface area (Å²) in [6.07, 6.45) is 0. The molecule has 0 atom stereocenters. The topological polar surface area (TPSA) is 48.5 Å². The zero-order valence-electron chi connectivity index (χ0n) is 27.6. The van der Waals surface area contributed by atoms with Crippen LogP contribution >= 0.6 is 0 Å². The molecule has 10 rings (SSSR count). The third-order valence-corrected chi connectivity index (χ3v) is 14.6. The van der Waals surface area contributed by atoms with Crippen molar-refractivity contribution in [3.05, 3.63) is 188 Å². The maximum atomic E-state index is 5.64. The van der Waals surface area contributed by atoms with Gasteiger partial charge in [-0.1, -0.05) is 164 Å². The molecule has 5 nitrogen and oxygen atoms in total. The normalized spacial score (nSPS) is 11.9. The Labute approximate surface area is 295 Å². The maximum absolute atomic E-state index is 5.64. The Morgan fingerprint density at radius 3 is 0.882 bits per heavy atom. The Balaban J connectivity index is 1.41. The summed E-state index contributed by atoms with van der Waals surface area (Å²) in [7, 11) is -3.15. The minimum absolute atomic E-state index is 0.592. The second kappa shape index (κ2) is 11.8. The van der Waals surface area contributed by atoms with Crippen molar-refractivity contribution < 1.29 is 0 Å². The molecule has 0 bridgehead atoms. The van der Waals surface area contributed by atoms with Gasteiger partial charge in [0, 0.05) is 21.5 Å². The van der Waals surface area contributed by atoms with Crippen molar-refractivity contribution in [2.75, 3.05) is 0 Å². The van der Waals surface area contributed by atoms with Crippen LogP contribution in [0.3, 0.4) is 0 Å². The van der Waals surface area contributed by atoms with Gasteiger partial charge in [0.25, 0.3) is 0 Å². The first-order valence-corrected chi connectivity index (χ1v) is 19.2. The van der Waals surface area contributed by atoms with Crippen LogP contribution in [0.4, 0.5) is 0 Å². The zero-order valence-corrected chi connectivity index (χ0v) is 28.6. The third kappa shape index (κ3) is 4.43. The van der Waals surface area contributed by atoms with Gasteiger partial charge >= 0.3 is 0 Å². The van der Waals surface area contributed by atoms with Crippen molar-refractivity contribution in [1.82, 2.24) is 24.1 Å². The Kier molecular flexibility index (Phi) is 6.75. The number of hydrogen-bond donors (Lipinski definition) is 0. The van der Waals surface area contributed by atoms with Crippen LogP contribution in [0.25, 0.3) is 55.5 Å². The van der Waals surface area contributed by atoms with Gasteiger partial charge in [-0.2, -0.15) is 4.98 Å². The highest BCUT2D eigenvalue weighted by molar-refractivity contribution is 7.19. The lowest BCUT2D eigenvalue weighted by Gasteiger charge is -2.32. The molecule has 3 heterocycles. The van der Waals surface area contributed by atoms with E-state index in [9.17, 15) is 0 Å². The van der Waals surface area contributed by atoms with Gasteiger partial charge < -0.3 is 0 Å². The molecule has 3 aromatic heterocycles. The highest BCUT2D eigenvalue weighted by Gasteiger charge is 2.45. The smallest absolute Gasteiger partial charge is 0.239 e. The molecule has 6 heteroatoms. The Hall–Kier alpha value is -6.63. The summed E-state index contributed by atoms with van der Waals surface area (Å²) in [6.45, 7) is 0. The number of nitrogens with zero attached hydrogens (tertiary/aromatic N) is 5. The minimum atomic E-state index is -3.15. The fourth-order valence-corrected chi connectivity index (χ4v) is 12.3. The predicted octanol–water partition coefficient (Wildman–Crippen LogP) is 7.44. The summed E-state index contributed by atoms with van der Waals surface area (Å²) in [6, 6.07) is 66.6. The molecule has 0 aliphatic carbocycles. The first kappa shape index (κ1) is 29.3. The van der Waals surface area contributed by atoms with Crippen LogP contribution in [0.5, 0.6) is 0 Å². The zero-order chi connectivity index (χ0) is 33.8. The molecule has 51 heavy (non-hydrogen) atoms. The second-order valence-electron chi connectivity index (χ2n) is 12.8. The van der Waals surface area contributed by atoms with E-state index in [1.807, 2.05) is 0 Å². The molecule has 0 N–H and O–H groups in total. The average molecular weight is 670 g/mol. The van der Waals surface area contributed by atoms with Crippen molar-refractivity contribution in [2.45, 2.75) is 0 Å². The largest absolute Gasteiger partial charge is 0.278 e. The highest BCUT2D eigenvalue weighted by atomic mass is 28.3. The number of benzene rings is 7. The van der Waals surface area contributed by atoms with Crippen molar-refractivity contribution in [1.29, 1.82) is 0 Å². The van der Waals surface area contributed by atoms with E-state index in [0.29, 0.717) is 11.9 Å². The van der Waals surface area contributed by atoms with Gasteiger partial charge in [0.2, 0.25) is 20.0 Å². The van der Waals surface area contributed by atoms with E-state index in [1.54, 1.807) is 0 Å². The molecule has 0 spiro atoms. The summed E-state index contributed by atoms with van der Waals surface area (Å²) >= 11 is 0. The monoisotopic (exact) mass is 669 g/mol. The quantitative estimate of drug-likeness (QED) is 0.137. The van der Waals surface area contributed by atoms with E-state index in [4.69, 9.17) is 15.0 Å². The Bertz CT molecular complexity index is 2530. The molecule has 10 aromatic rings. The summed E-state index contributed by atoms with van der Waals surface area (Å²) in [5.41, 5.74) is 4.98. The van der Waals surface area contributed by atoms with Gasteiger partial charge in [0.1, 0.15) is 5.45 Å². The van der Waals surface area contributed by atoms with E-state index in [-0.39, 0.29) is 0 Å². The minimum Gasteiger partial charge on any atom is -0.278 e. The van der Waals surface area contributed by atoms with Crippen LogP contribution < -0.4 is 21.0 Å². The lowest BCUT2D eigenvalue weighted by atomic mass is 10.2. The number of aromatic nitrogens is 5. The fourth-order valence-electron chi connectivity index (χ4n) is 7.95. The molecule has 0 saturated carbocycles. The molecule has 240 valence electrons. The third-order valence-electron chi connectivity index (χ3n) is 10.1. The number of hydrogen-bond acceptors (Lipinski definition) is 3. The lowest BCUT2D eigenvalue weighted by molar-refractivity contribution is 0.904.